The number of aromatic carboxylic acids is 1. The summed E-state index contributed by atoms with van der Waals surface area (Å²) in [5.41, 5.74) is 1.26. The summed E-state index contributed by atoms with van der Waals surface area (Å²) >= 11 is 0. The van der Waals surface area contributed by atoms with E-state index in [4.69, 9.17) is 5.11 Å². The number of nitrogens with one attached hydrogen (secondary N) is 1. The molecule has 2 N–H and O–H groups in total. The van der Waals surface area contributed by atoms with E-state index in [-0.39, 0.29) is 17.2 Å². The fourth-order valence-electron chi connectivity index (χ4n) is 2.36. The number of benzene rings is 2. The molecule has 0 bridgehead atoms. The van der Waals surface area contributed by atoms with Gasteiger partial charge in [0.05, 0.1) is 11.3 Å². The number of hydrogen-bond donors (Lipinski definition) is 2. The standard InChI is InChI=1S/C19H13F4N3O3/c20-17(21)19(22,23)29-14-6-2-5-13(10-14)25-18-24-8-7-15(26-18)11-3-1-4-12(9-11)16(27)28/h1-10,17H,(H,27,28)(H,24,25,26). The van der Waals surface area contributed by atoms with Crippen LogP contribution in [0.5, 0.6) is 5.75 Å². The Bertz CT molecular complexity index is 1030. The minimum absolute atomic E-state index is 0.0837. The van der Waals surface area contributed by atoms with Crippen molar-refractivity contribution in [1.82, 2.24) is 9.97 Å². The van der Waals surface area contributed by atoms with Gasteiger partial charge >= 0.3 is 18.5 Å². The van der Waals surface area contributed by atoms with Gasteiger partial charge in [0.2, 0.25) is 5.95 Å². The zero-order valence-corrected chi connectivity index (χ0v) is 14.5. The second-order valence-electron chi connectivity index (χ2n) is 5.77. The third kappa shape index (κ3) is 4.98. The molecule has 3 rings (SSSR count). The molecule has 0 spiro atoms. The molecule has 0 unspecified atom stereocenters. The molecule has 0 saturated carbocycles. The van der Waals surface area contributed by atoms with Gasteiger partial charge in [-0.15, -0.1) is 0 Å². The first kappa shape index (κ1) is 20.1. The van der Waals surface area contributed by atoms with Gasteiger partial charge in [-0.2, -0.15) is 17.6 Å². The van der Waals surface area contributed by atoms with Crippen LogP contribution in [0.4, 0.5) is 29.2 Å². The van der Waals surface area contributed by atoms with Crippen molar-refractivity contribution in [2.45, 2.75) is 12.5 Å². The van der Waals surface area contributed by atoms with Gasteiger partial charge in [-0.25, -0.2) is 14.8 Å². The molecule has 0 aliphatic carbocycles. The lowest BCUT2D eigenvalue weighted by molar-refractivity contribution is -0.253. The Morgan fingerprint density at radius 2 is 1.86 bits per heavy atom. The highest BCUT2D eigenvalue weighted by Gasteiger charge is 2.43. The smallest absolute Gasteiger partial charge is 0.461 e. The third-order valence-electron chi connectivity index (χ3n) is 3.66. The first-order valence-electron chi connectivity index (χ1n) is 8.13. The van der Waals surface area contributed by atoms with Crippen molar-refractivity contribution in [3.05, 3.63) is 66.4 Å². The number of rotatable bonds is 7. The molecule has 0 aliphatic rings. The third-order valence-corrected chi connectivity index (χ3v) is 3.66. The molecular weight excluding hydrogens is 394 g/mol. The lowest BCUT2D eigenvalue weighted by Crippen LogP contribution is -2.33. The normalized spacial score (nSPS) is 11.3. The fraction of sp³-hybridized carbons (Fsp3) is 0.105. The maximum absolute atomic E-state index is 13.1. The van der Waals surface area contributed by atoms with Gasteiger partial charge in [0, 0.05) is 23.5 Å². The van der Waals surface area contributed by atoms with Crippen LogP contribution < -0.4 is 10.1 Å². The SMILES string of the molecule is O=C(O)c1cccc(-c2ccnc(Nc3cccc(OC(F)(F)C(F)F)c3)n2)c1. The van der Waals surface area contributed by atoms with Crippen molar-refractivity contribution in [2.24, 2.45) is 0 Å². The topological polar surface area (TPSA) is 84.3 Å². The zero-order valence-electron chi connectivity index (χ0n) is 14.5. The van der Waals surface area contributed by atoms with E-state index in [1.165, 1.54) is 30.5 Å². The minimum atomic E-state index is -4.62. The lowest BCUT2D eigenvalue weighted by Gasteiger charge is -2.17. The van der Waals surface area contributed by atoms with Gasteiger partial charge in [0.25, 0.3) is 0 Å². The van der Waals surface area contributed by atoms with E-state index in [1.54, 1.807) is 18.2 Å². The predicted octanol–water partition coefficient (Wildman–Crippen LogP) is 4.82. The summed E-state index contributed by atoms with van der Waals surface area (Å²) < 4.78 is 54.7. The van der Waals surface area contributed by atoms with Gasteiger partial charge < -0.3 is 15.2 Å². The second-order valence-corrected chi connectivity index (χ2v) is 5.77. The minimum Gasteiger partial charge on any atom is -0.478 e. The van der Waals surface area contributed by atoms with Crippen molar-refractivity contribution in [3.8, 4) is 17.0 Å². The van der Waals surface area contributed by atoms with E-state index in [0.717, 1.165) is 12.1 Å². The number of aromatic nitrogens is 2. The molecule has 29 heavy (non-hydrogen) atoms. The van der Waals surface area contributed by atoms with E-state index < -0.39 is 24.3 Å². The van der Waals surface area contributed by atoms with Crippen LogP contribution in [-0.2, 0) is 0 Å². The average molecular weight is 407 g/mol. The molecule has 0 aliphatic heterocycles. The highest BCUT2D eigenvalue weighted by atomic mass is 19.3. The monoisotopic (exact) mass is 407 g/mol. The number of hydrogen-bond acceptors (Lipinski definition) is 5. The van der Waals surface area contributed by atoms with Crippen LogP contribution in [-0.4, -0.2) is 33.6 Å². The molecule has 10 heteroatoms. The van der Waals surface area contributed by atoms with E-state index in [0.29, 0.717) is 11.3 Å². The molecule has 0 atom stereocenters. The number of alkyl halides is 4. The Balaban J connectivity index is 1.82. The number of ether oxygens (including phenoxy) is 1. The molecule has 0 amide bonds. The Morgan fingerprint density at radius 1 is 1.10 bits per heavy atom. The van der Waals surface area contributed by atoms with Crippen LogP contribution >= 0.6 is 0 Å². The molecule has 6 nitrogen and oxygen atoms in total. The fourth-order valence-corrected chi connectivity index (χ4v) is 2.36. The van der Waals surface area contributed by atoms with Crippen LogP contribution in [0.15, 0.2) is 60.8 Å². The summed E-state index contributed by atoms with van der Waals surface area (Å²) in [5.74, 6) is -1.47. The average Bonchev–Trinajstić information content (AvgIpc) is 2.68. The molecular formula is C19H13F4N3O3. The van der Waals surface area contributed by atoms with Crippen LogP contribution in [0.25, 0.3) is 11.3 Å². The molecule has 3 aromatic rings. The molecule has 0 radical (unpaired) electrons. The van der Waals surface area contributed by atoms with Gasteiger partial charge in [0.1, 0.15) is 5.75 Å². The number of anilines is 2. The van der Waals surface area contributed by atoms with E-state index in [1.807, 2.05) is 0 Å². The first-order chi connectivity index (χ1) is 13.7. The lowest BCUT2D eigenvalue weighted by atomic mass is 10.1. The van der Waals surface area contributed by atoms with Crippen LogP contribution in [0, 0.1) is 0 Å². The Morgan fingerprint density at radius 3 is 2.59 bits per heavy atom. The molecule has 1 heterocycles. The van der Waals surface area contributed by atoms with Crippen molar-refractivity contribution >= 4 is 17.6 Å². The van der Waals surface area contributed by atoms with E-state index in [9.17, 15) is 22.4 Å². The van der Waals surface area contributed by atoms with Gasteiger partial charge in [-0.1, -0.05) is 18.2 Å². The van der Waals surface area contributed by atoms with E-state index in [2.05, 4.69) is 20.0 Å². The number of carboxylic acids is 1. The Labute approximate surface area is 161 Å². The second kappa shape index (κ2) is 8.13. The van der Waals surface area contributed by atoms with E-state index >= 15 is 0 Å². The van der Waals surface area contributed by atoms with Crippen LogP contribution in [0.1, 0.15) is 10.4 Å². The largest absolute Gasteiger partial charge is 0.478 e. The van der Waals surface area contributed by atoms with Crippen LogP contribution in [0.2, 0.25) is 0 Å². The molecule has 150 valence electrons. The maximum atomic E-state index is 13.1. The molecule has 1 aromatic heterocycles. The number of nitrogens with zero attached hydrogens (tertiary/aromatic N) is 2. The number of carbonyl (C=O) groups is 1. The summed E-state index contributed by atoms with van der Waals surface area (Å²) in [6.07, 6.45) is -7.17. The summed E-state index contributed by atoms with van der Waals surface area (Å²) in [6, 6.07) is 12.7. The zero-order chi connectivity index (χ0) is 21.0. The highest BCUT2D eigenvalue weighted by Crippen LogP contribution is 2.29. The molecule has 2 aromatic carbocycles. The number of carboxylic acid groups (broad SMARTS) is 1. The summed E-state index contributed by atoms with van der Waals surface area (Å²) in [7, 11) is 0. The Hall–Kier alpha value is -3.69. The highest BCUT2D eigenvalue weighted by molar-refractivity contribution is 5.89. The van der Waals surface area contributed by atoms with Crippen molar-refractivity contribution in [2.75, 3.05) is 5.32 Å². The Kier molecular flexibility index (Phi) is 5.62. The van der Waals surface area contributed by atoms with Gasteiger partial charge in [-0.05, 0) is 30.3 Å². The van der Waals surface area contributed by atoms with Crippen molar-refractivity contribution in [1.29, 1.82) is 0 Å². The van der Waals surface area contributed by atoms with Gasteiger partial charge in [-0.3, -0.25) is 0 Å². The maximum Gasteiger partial charge on any atom is 0.461 e. The summed E-state index contributed by atoms with van der Waals surface area (Å²) in [6.45, 7) is 0. The first-order valence-corrected chi connectivity index (χ1v) is 8.13. The number of halogens is 4. The quantitative estimate of drug-likeness (QED) is 0.546. The predicted molar refractivity (Wildman–Crippen MR) is 95.7 cm³/mol. The molecule has 0 saturated heterocycles. The summed E-state index contributed by atoms with van der Waals surface area (Å²) in [5, 5.41) is 11.8. The van der Waals surface area contributed by atoms with Gasteiger partial charge in [0.15, 0.2) is 0 Å². The molecule has 0 fully saturated rings. The van der Waals surface area contributed by atoms with Crippen molar-refractivity contribution in [3.63, 3.8) is 0 Å². The van der Waals surface area contributed by atoms with Crippen molar-refractivity contribution < 1.29 is 32.2 Å². The summed E-state index contributed by atoms with van der Waals surface area (Å²) in [4.78, 5) is 19.4. The van der Waals surface area contributed by atoms with Crippen LogP contribution in [0.3, 0.4) is 0 Å².